The molecule has 24 heavy (non-hydrogen) atoms. The molecule has 1 amide bonds. The summed E-state index contributed by atoms with van der Waals surface area (Å²) in [6.07, 6.45) is 0. The number of halogens is 1. The number of benzene rings is 2. The summed E-state index contributed by atoms with van der Waals surface area (Å²) < 4.78 is 19.2. The van der Waals surface area contributed by atoms with E-state index < -0.39 is 11.9 Å². The van der Waals surface area contributed by atoms with Gasteiger partial charge < -0.3 is 9.84 Å². The molecule has 1 unspecified atom stereocenters. The molecule has 1 atom stereocenters. The lowest BCUT2D eigenvalue weighted by Crippen LogP contribution is -2.30. The van der Waals surface area contributed by atoms with Crippen LogP contribution in [0.25, 0.3) is 0 Å². The fraction of sp³-hybridized carbons (Fsp3) is 0.167. The first-order chi connectivity index (χ1) is 11.5. The molecule has 0 aliphatic carbocycles. The second kappa shape index (κ2) is 6.62. The number of hydrogen-bond acceptors (Lipinski definition) is 4. The van der Waals surface area contributed by atoms with Crippen LogP contribution >= 0.6 is 0 Å². The van der Waals surface area contributed by atoms with Crippen LogP contribution in [0.1, 0.15) is 39.2 Å². The lowest BCUT2D eigenvalue weighted by Gasteiger charge is -2.16. The van der Waals surface area contributed by atoms with Gasteiger partial charge in [0, 0.05) is 18.1 Å². The zero-order valence-electron chi connectivity index (χ0n) is 13.3. The van der Waals surface area contributed by atoms with Gasteiger partial charge in [0.25, 0.3) is 5.91 Å². The molecule has 0 spiro atoms. The second-order valence-corrected chi connectivity index (χ2v) is 5.47. The van der Waals surface area contributed by atoms with E-state index in [2.05, 4.69) is 15.5 Å². The molecule has 5 nitrogen and oxygen atoms in total. The van der Waals surface area contributed by atoms with Crippen molar-refractivity contribution < 1.29 is 13.7 Å². The summed E-state index contributed by atoms with van der Waals surface area (Å²) in [5.74, 6) is -0.242. The molecule has 6 heteroatoms. The molecular weight excluding hydrogens is 309 g/mol. The van der Waals surface area contributed by atoms with E-state index in [1.165, 1.54) is 6.07 Å². The van der Waals surface area contributed by atoms with Crippen molar-refractivity contribution in [2.24, 2.45) is 0 Å². The Morgan fingerprint density at radius 2 is 1.83 bits per heavy atom. The van der Waals surface area contributed by atoms with Gasteiger partial charge in [-0.2, -0.15) is 4.98 Å². The van der Waals surface area contributed by atoms with Gasteiger partial charge in [-0.1, -0.05) is 41.1 Å². The number of carbonyl (C=O) groups is 1. The Morgan fingerprint density at radius 3 is 2.46 bits per heavy atom. The molecule has 0 fully saturated rings. The quantitative estimate of drug-likeness (QED) is 0.799. The fourth-order valence-electron chi connectivity index (χ4n) is 2.34. The molecule has 122 valence electrons. The van der Waals surface area contributed by atoms with Crippen LogP contribution in [0, 0.1) is 19.7 Å². The van der Waals surface area contributed by atoms with Crippen LogP contribution < -0.4 is 5.32 Å². The van der Waals surface area contributed by atoms with Crippen molar-refractivity contribution in [3.63, 3.8) is 0 Å². The van der Waals surface area contributed by atoms with Crippen molar-refractivity contribution in [3.05, 3.63) is 82.8 Å². The molecule has 1 aromatic heterocycles. The molecule has 0 radical (unpaired) electrons. The van der Waals surface area contributed by atoms with Crippen molar-refractivity contribution >= 4 is 5.91 Å². The Labute approximate surface area is 138 Å². The van der Waals surface area contributed by atoms with Gasteiger partial charge in [-0.15, -0.1) is 0 Å². The van der Waals surface area contributed by atoms with Crippen molar-refractivity contribution in [2.75, 3.05) is 0 Å². The van der Waals surface area contributed by atoms with Crippen molar-refractivity contribution in [3.8, 4) is 0 Å². The summed E-state index contributed by atoms with van der Waals surface area (Å²) in [6.45, 7) is 3.57. The third-order valence-electron chi connectivity index (χ3n) is 3.61. The van der Waals surface area contributed by atoms with E-state index in [0.29, 0.717) is 11.5 Å². The standard InChI is InChI=1S/C18H16FN3O2/c1-11-7-9-13(10-8-11)18(23)21-16(17-20-12(2)24-22-17)14-5-3-4-6-15(14)19/h3-10,16H,1-2H3,(H,21,23). The number of carbonyl (C=O) groups excluding carboxylic acids is 1. The summed E-state index contributed by atoms with van der Waals surface area (Å²) >= 11 is 0. The zero-order valence-corrected chi connectivity index (χ0v) is 13.3. The lowest BCUT2D eigenvalue weighted by molar-refractivity contribution is 0.0940. The number of hydrogen-bond donors (Lipinski definition) is 1. The van der Waals surface area contributed by atoms with E-state index in [1.807, 2.05) is 19.1 Å². The Kier molecular flexibility index (Phi) is 4.37. The SMILES string of the molecule is Cc1ccc(C(=O)NC(c2noc(C)n2)c2ccccc2F)cc1. The van der Waals surface area contributed by atoms with Crippen molar-refractivity contribution in [2.45, 2.75) is 19.9 Å². The third kappa shape index (κ3) is 3.32. The van der Waals surface area contributed by atoms with E-state index in [1.54, 1.807) is 37.3 Å². The van der Waals surface area contributed by atoms with Gasteiger partial charge in [-0.25, -0.2) is 4.39 Å². The number of nitrogens with zero attached hydrogens (tertiary/aromatic N) is 2. The molecule has 0 bridgehead atoms. The highest BCUT2D eigenvalue weighted by atomic mass is 19.1. The Hall–Kier alpha value is -3.02. The van der Waals surface area contributed by atoms with Crippen LogP contribution in [0.15, 0.2) is 53.1 Å². The predicted molar refractivity (Wildman–Crippen MR) is 85.9 cm³/mol. The lowest BCUT2D eigenvalue weighted by atomic mass is 10.0. The van der Waals surface area contributed by atoms with Gasteiger partial charge in [0.05, 0.1) is 0 Å². The molecule has 2 aromatic carbocycles. The van der Waals surface area contributed by atoms with Crippen molar-refractivity contribution in [1.29, 1.82) is 0 Å². The van der Waals surface area contributed by atoms with Crippen LogP contribution in [-0.4, -0.2) is 16.0 Å². The van der Waals surface area contributed by atoms with E-state index in [4.69, 9.17) is 4.52 Å². The average molecular weight is 325 g/mol. The second-order valence-electron chi connectivity index (χ2n) is 5.47. The Balaban J connectivity index is 1.95. The minimum Gasteiger partial charge on any atom is -0.340 e. The zero-order chi connectivity index (χ0) is 17.1. The van der Waals surface area contributed by atoms with Gasteiger partial charge in [0.2, 0.25) is 5.89 Å². The Bertz CT molecular complexity index is 859. The fourth-order valence-corrected chi connectivity index (χ4v) is 2.34. The number of rotatable bonds is 4. The van der Waals surface area contributed by atoms with Gasteiger partial charge in [0.15, 0.2) is 5.82 Å². The number of amides is 1. The minimum atomic E-state index is -0.836. The normalized spacial score (nSPS) is 12.0. The van der Waals surface area contributed by atoms with E-state index >= 15 is 0 Å². The van der Waals surface area contributed by atoms with Crippen LogP contribution in [0.5, 0.6) is 0 Å². The highest BCUT2D eigenvalue weighted by Gasteiger charge is 2.25. The van der Waals surface area contributed by atoms with Crippen LogP contribution in [0.2, 0.25) is 0 Å². The predicted octanol–water partition coefficient (Wildman–Crippen LogP) is 3.34. The largest absolute Gasteiger partial charge is 0.340 e. The summed E-state index contributed by atoms with van der Waals surface area (Å²) in [7, 11) is 0. The molecule has 0 aliphatic rings. The van der Waals surface area contributed by atoms with Crippen LogP contribution in [-0.2, 0) is 0 Å². The molecule has 3 aromatic rings. The summed E-state index contributed by atoms with van der Waals surface area (Å²) in [5.41, 5.74) is 1.80. The first kappa shape index (κ1) is 15.9. The summed E-state index contributed by atoms with van der Waals surface area (Å²) in [4.78, 5) is 16.6. The topological polar surface area (TPSA) is 68.0 Å². The first-order valence-electron chi connectivity index (χ1n) is 7.47. The molecule has 0 saturated carbocycles. The maximum atomic E-state index is 14.2. The number of aryl methyl sites for hydroxylation is 2. The molecular formula is C18H16FN3O2. The highest BCUT2D eigenvalue weighted by molar-refractivity contribution is 5.94. The van der Waals surface area contributed by atoms with Crippen LogP contribution in [0.3, 0.4) is 0 Å². The number of aromatic nitrogens is 2. The van der Waals surface area contributed by atoms with Crippen molar-refractivity contribution in [1.82, 2.24) is 15.5 Å². The van der Waals surface area contributed by atoms with Gasteiger partial charge in [-0.05, 0) is 25.1 Å². The highest BCUT2D eigenvalue weighted by Crippen LogP contribution is 2.23. The minimum absolute atomic E-state index is 0.207. The third-order valence-corrected chi connectivity index (χ3v) is 3.61. The maximum absolute atomic E-state index is 14.2. The van der Waals surface area contributed by atoms with Gasteiger partial charge >= 0.3 is 0 Å². The van der Waals surface area contributed by atoms with Gasteiger partial charge in [0.1, 0.15) is 11.9 Å². The molecule has 1 N–H and O–H groups in total. The smallest absolute Gasteiger partial charge is 0.252 e. The number of nitrogens with one attached hydrogen (secondary N) is 1. The average Bonchev–Trinajstić information content (AvgIpc) is 3.00. The molecule has 0 aliphatic heterocycles. The van der Waals surface area contributed by atoms with E-state index in [0.717, 1.165) is 5.56 Å². The van der Waals surface area contributed by atoms with E-state index in [-0.39, 0.29) is 17.3 Å². The van der Waals surface area contributed by atoms with E-state index in [9.17, 15) is 9.18 Å². The Morgan fingerprint density at radius 1 is 1.12 bits per heavy atom. The molecule has 0 saturated heterocycles. The molecule has 1 heterocycles. The molecule has 3 rings (SSSR count). The van der Waals surface area contributed by atoms with Gasteiger partial charge in [-0.3, -0.25) is 4.79 Å². The summed E-state index contributed by atoms with van der Waals surface area (Å²) in [6, 6.07) is 12.5. The summed E-state index contributed by atoms with van der Waals surface area (Å²) in [5, 5.41) is 6.60. The monoisotopic (exact) mass is 325 g/mol. The van der Waals surface area contributed by atoms with Crippen LogP contribution in [0.4, 0.5) is 4.39 Å². The maximum Gasteiger partial charge on any atom is 0.252 e. The first-order valence-corrected chi connectivity index (χ1v) is 7.47.